The topological polar surface area (TPSA) is 117 Å². The first-order chi connectivity index (χ1) is 8.16. The number of nitrogens with zero attached hydrogens (tertiary/aromatic N) is 1. The van der Waals surface area contributed by atoms with Gasteiger partial charge in [-0.3, -0.25) is 14.9 Å². The molecule has 0 aliphatic rings. The number of carbonyl (C=O) groups excluding carboxylic acids is 1. The highest BCUT2D eigenvalue weighted by atomic mass is 16.6. The Morgan fingerprint density at radius 3 is 2.67 bits per heavy atom. The molecule has 0 fully saturated rings. The largest absolute Gasteiger partial charge is 0.459 e. The number of nitrogens with one attached hydrogen (secondary N) is 1. The van der Waals surface area contributed by atoms with Crippen LogP contribution in [0.5, 0.6) is 0 Å². The van der Waals surface area contributed by atoms with Gasteiger partial charge in [-0.15, -0.1) is 0 Å². The first-order valence-electron chi connectivity index (χ1n) is 4.76. The summed E-state index contributed by atoms with van der Waals surface area (Å²) in [7, 11) is 0. The van der Waals surface area contributed by atoms with Crippen molar-refractivity contribution in [3.63, 3.8) is 0 Å². The van der Waals surface area contributed by atoms with Crippen LogP contribution in [0.1, 0.15) is 10.6 Å². The molecule has 2 rings (SSSR count). The van der Waals surface area contributed by atoms with Crippen LogP contribution in [-0.2, 0) is 0 Å². The van der Waals surface area contributed by atoms with E-state index < -0.39 is 10.8 Å². The molecule has 7 nitrogen and oxygen atoms in total. The zero-order valence-corrected chi connectivity index (χ0v) is 9.12. The van der Waals surface area contributed by atoms with E-state index in [2.05, 4.69) is 5.32 Å². The predicted octanol–water partition coefficient (Wildman–Crippen LogP) is 1.62. The third kappa shape index (κ3) is 2.92. The first kappa shape index (κ1) is 13.4. The molecule has 3 N–H and O–H groups in total. The molecular formula is C11H10N2O5. The van der Waals surface area contributed by atoms with Crippen molar-refractivity contribution in [1.29, 1.82) is 0 Å². The summed E-state index contributed by atoms with van der Waals surface area (Å²) in [5.41, 5.74) is 0.267. The number of benzene rings is 1. The maximum Gasteiger partial charge on any atom is 0.291 e. The lowest BCUT2D eigenvalue weighted by atomic mass is 10.2. The molecular weight excluding hydrogens is 240 g/mol. The number of nitro benzene ring substituents is 1. The predicted molar refractivity (Wildman–Crippen MR) is 63.4 cm³/mol. The van der Waals surface area contributed by atoms with Crippen molar-refractivity contribution in [3.05, 3.63) is 58.5 Å². The molecule has 18 heavy (non-hydrogen) atoms. The van der Waals surface area contributed by atoms with Crippen LogP contribution in [0.15, 0.2) is 47.1 Å². The normalized spacial score (nSPS) is 9.33. The van der Waals surface area contributed by atoms with Gasteiger partial charge in [0.05, 0.1) is 11.2 Å². The minimum Gasteiger partial charge on any atom is -0.459 e. The molecule has 0 aliphatic heterocycles. The summed E-state index contributed by atoms with van der Waals surface area (Å²) in [6, 6.07) is 8.78. The van der Waals surface area contributed by atoms with Gasteiger partial charge < -0.3 is 15.2 Å². The number of anilines is 1. The van der Waals surface area contributed by atoms with Crippen LogP contribution in [0.3, 0.4) is 0 Å². The van der Waals surface area contributed by atoms with Crippen LogP contribution in [-0.4, -0.2) is 16.3 Å². The summed E-state index contributed by atoms with van der Waals surface area (Å²) < 4.78 is 4.90. The average molecular weight is 250 g/mol. The number of non-ortho nitro benzene ring substituents is 1. The number of carbonyl (C=O) groups is 1. The molecule has 0 unspecified atom stereocenters. The molecule has 0 saturated heterocycles. The van der Waals surface area contributed by atoms with E-state index in [1.165, 1.54) is 30.5 Å². The molecule has 0 bridgehead atoms. The van der Waals surface area contributed by atoms with Gasteiger partial charge in [-0.2, -0.15) is 0 Å². The lowest BCUT2D eigenvalue weighted by molar-refractivity contribution is -0.384. The van der Waals surface area contributed by atoms with E-state index in [1.807, 2.05) is 0 Å². The van der Waals surface area contributed by atoms with Crippen molar-refractivity contribution >= 4 is 17.3 Å². The third-order valence-corrected chi connectivity index (χ3v) is 2.06. The quantitative estimate of drug-likeness (QED) is 0.657. The van der Waals surface area contributed by atoms with Gasteiger partial charge in [0.25, 0.3) is 11.6 Å². The van der Waals surface area contributed by atoms with E-state index in [4.69, 9.17) is 4.42 Å². The highest BCUT2D eigenvalue weighted by Crippen LogP contribution is 2.17. The highest BCUT2D eigenvalue weighted by Gasteiger charge is 2.11. The van der Waals surface area contributed by atoms with E-state index in [9.17, 15) is 14.9 Å². The standard InChI is InChI=1S/C11H8N2O4.H2O/c14-11(10-5-2-6-17-10)12-8-3-1-4-9(7-8)13(15)16;/h1-7H,(H,12,14);1H2. The summed E-state index contributed by atoms with van der Waals surface area (Å²) in [5, 5.41) is 13.0. The van der Waals surface area contributed by atoms with Crippen molar-refractivity contribution in [2.24, 2.45) is 0 Å². The molecule has 0 aliphatic carbocycles. The zero-order chi connectivity index (χ0) is 12.3. The molecule has 1 aromatic heterocycles. The monoisotopic (exact) mass is 250 g/mol. The number of amides is 1. The van der Waals surface area contributed by atoms with E-state index in [0.717, 1.165) is 0 Å². The SMILES string of the molecule is O.O=C(Nc1cccc([N+](=O)[O-])c1)c1ccco1. The smallest absolute Gasteiger partial charge is 0.291 e. The molecule has 2 aromatic rings. The number of hydrogen-bond donors (Lipinski definition) is 1. The fraction of sp³-hybridized carbons (Fsp3) is 0. The van der Waals surface area contributed by atoms with Crippen LogP contribution in [0, 0.1) is 10.1 Å². The zero-order valence-electron chi connectivity index (χ0n) is 9.12. The minimum absolute atomic E-state index is 0. The summed E-state index contributed by atoms with van der Waals surface area (Å²) in [6.45, 7) is 0. The molecule has 0 saturated carbocycles. The maximum atomic E-state index is 11.6. The van der Waals surface area contributed by atoms with Crippen molar-refractivity contribution in [2.75, 3.05) is 5.32 Å². The Morgan fingerprint density at radius 2 is 2.06 bits per heavy atom. The Balaban J connectivity index is 0.00000162. The Hall–Kier alpha value is -2.67. The van der Waals surface area contributed by atoms with Gasteiger partial charge in [0, 0.05) is 17.8 Å². The summed E-state index contributed by atoms with van der Waals surface area (Å²) >= 11 is 0. The molecule has 1 aromatic carbocycles. The van der Waals surface area contributed by atoms with Crippen LogP contribution in [0.25, 0.3) is 0 Å². The van der Waals surface area contributed by atoms with Crippen molar-refractivity contribution in [3.8, 4) is 0 Å². The number of hydrogen-bond acceptors (Lipinski definition) is 4. The van der Waals surface area contributed by atoms with Gasteiger partial charge in [0.1, 0.15) is 0 Å². The van der Waals surface area contributed by atoms with Crippen LogP contribution in [0.2, 0.25) is 0 Å². The van der Waals surface area contributed by atoms with Crippen LogP contribution >= 0.6 is 0 Å². The van der Waals surface area contributed by atoms with E-state index in [-0.39, 0.29) is 16.9 Å². The van der Waals surface area contributed by atoms with E-state index >= 15 is 0 Å². The second-order valence-corrected chi connectivity index (χ2v) is 3.24. The second-order valence-electron chi connectivity index (χ2n) is 3.24. The number of furan rings is 1. The molecule has 0 atom stereocenters. The Morgan fingerprint density at radius 1 is 1.28 bits per heavy atom. The molecule has 7 heteroatoms. The Labute approximate surface area is 101 Å². The van der Waals surface area contributed by atoms with E-state index in [1.54, 1.807) is 12.1 Å². The Kier molecular flexibility index (Phi) is 4.16. The van der Waals surface area contributed by atoms with E-state index in [0.29, 0.717) is 5.69 Å². The van der Waals surface area contributed by atoms with Crippen molar-refractivity contribution < 1.29 is 19.6 Å². The summed E-state index contributed by atoms with van der Waals surface area (Å²) in [4.78, 5) is 21.6. The lowest BCUT2D eigenvalue weighted by Crippen LogP contribution is -2.10. The van der Waals surface area contributed by atoms with Gasteiger partial charge in [-0.05, 0) is 18.2 Å². The highest BCUT2D eigenvalue weighted by molar-refractivity contribution is 6.02. The molecule has 94 valence electrons. The molecule has 0 radical (unpaired) electrons. The van der Waals surface area contributed by atoms with Gasteiger partial charge in [0.15, 0.2) is 5.76 Å². The average Bonchev–Trinajstić information content (AvgIpc) is 2.82. The number of rotatable bonds is 3. The molecule has 1 heterocycles. The summed E-state index contributed by atoms with van der Waals surface area (Å²) in [5.74, 6) is -0.299. The van der Waals surface area contributed by atoms with Crippen molar-refractivity contribution in [1.82, 2.24) is 0 Å². The van der Waals surface area contributed by atoms with Crippen LogP contribution < -0.4 is 5.32 Å². The second kappa shape index (κ2) is 5.60. The molecule has 0 spiro atoms. The van der Waals surface area contributed by atoms with Crippen LogP contribution in [0.4, 0.5) is 11.4 Å². The Bertz CT molecular complexity index is 550. The first-order valence-corrected chi connectivity index (χ1v) is 4.76. The maximum absolute atomic E-state index is 11.6. The fourth-order valence-corrected chi connectivity index (χ4v) is 1.30. The lowest BCUT2D eigenvalue weighted by Gasteiger charge is -2.02. The van der Waals surface area contributed by atoms with Crippen molar-refractivity contribution in [2.45, 2.75) is 0 Å². The van der Waals surface area contributed by atoms with Gasteiger partial charge in [-0.25, -0.2) is 0 Å². The fourth-order valence-electron chi connectivity index (χ4n) is 1.30. The summed E-state index contributed by atoms with van der Waals surface area (Å²) in [6.07, 6.45) is 1.38. The van der Waals surface area contributed by atoms with Gasteiger partial charge in [-0.1, -0.05) is 6.07 Å². The minimum atomic E-state index is -0.525. The third-order valence-electron chi connectivity index (χ3n) is 2.06. The van der Waals surface area contributed by atoms with Gasteiger partial charge in [0.2, 0.25) is 0 Å². The molecule has 1 amide bonds. The van der Waals surface area contributed by atoms with Gasteiger partial charge >= 0.3 is 0 Å². The number of nitro groups is 1.